The summed E-state index contributed by atoms with van der Waals surface area (Å²) in [5, 5.41) is 9.84. The number of ether oxygens (including phenoxy) is 4. The predicted molar refractivity (Wildman–Crippen MR) is 136 cm³/mol. The van der Waals surface area contributed by atoms with Gasteiger partial charge in [-0.15, -0.1) is 10.2 Å². The summed E-state index contributed by atoms with van der Waals surface area (Å²) in [6, 6.07) is 17.6. The molecule has 0 saturated carbocycles. The van der Waals surface area contributed by atoms with Crippen molar-refractivity contribution < 1.29 is 18.9 Å². The van der Waals surface area contributed by atoms with Gasteiger partial charge in [0.05, 0.1) is 27.9 Å². The van der Waals surface area contributed by atoms with Crippen molar-refractivity contribution in [2.45, 2.75) is 18.5 Å². The third kappa shape index (κ3) is 5.51. The van der Waals surface area contributed by atoms with Gasteiger partial charge < -0.3 is 18.9 Å². The summed E-state index contributed by atoms with van der Waals surface area (Å²) >= 11 is 1.63. The average molecular weight is 493 g/mol. The second-order valence-corrected chi connectivity index (χ2v) is 8.46. The maximum atomic E-state index is 5.62. The molecule has 0 bridgehead atoms. The second-order valence-electron chi connectivity index (χ2n) is 7.40. The Morgan fingerprint density at radius 1 is 0.886 bits per heavy atom. The Morgan fingerprint density at radius 3 is 2.23 bits per heavy atom. The molecule has 2 aromatic heterocycles. The van der Waals surface area contributed by atoms with Crippen molar-refractivity contribution in [3.63, 3.8) is 0 Å². The lowest BCUT2D eigenvalue weighted by molar-refractivity contribution is 0.324. The molecule has 4 aromatic rings. The lowest BCUT2D eigenvalue weighted by atomic mass is 10.1. The van der Waals surface area contributed by atoms with E-state index in [0.29, 0.717) is 29.7 Å². The van der Waals surface area contributed by atoms with Crippen LogP contribution in [0.15, 0.2) is 66.0 Å². The quantitative estimate of drug-likeness (QED) is 0.268. The van der Waals surface area contributed by atoms with E-state index in [1.165, 1.54) is 0 Å². The van der Waals surface area contributed by atoms with Crippen LogP contribution in [-0.2, 0) is 6.42 Å². The molecule has 0 atom stereocenters. The number of aryl methyl sites for hydroxylation is 1. The molecule has 2 aromatic carbocycles. The van der Waals surface area contributed by atoms with Crippen LogP contribution in [0.5, 0.6) is 23.0 Å². The summed E-state index contributed by atoms with van der Waals surface area (Å²) in [7, 11) is 4.77. The van der Waals surface area contributed by atoms with E-state index in [2.05, 4.69) is 15.2 Å². The highest BCUT2D eigenvalue weighted by Gasteiger charge is 2.21. The number of benzene rings is 2. The number of hydrogen-bond acceptors (Lipinski definition) is 8. The first-order chi connectivity index (χ1) is 17.2. The van der Waals surface area contributed by atoms with E-state index in [-0.39, 0.29) is 0 Å². The minimum atomic E-state index is 0.524. The molecule has 0 spiro atoms. The minimum Gasteiger partial charge on any atom is -0.494 e. The van der Waals surface area contributed by atoms with Crippen LogP contribution in [0.2, 0.25) is 0 Å². The normalized spacial score (nSPS) is 10.7. The van der Waals surface area contributed by atoms with Gasteiger partial charge >= 0.3 is 0 Å². The highest BCUT2D eigenvalue weighted by Crippen LogP contribution is 2.41. The van der Waals surface area contributed by atoms with Gasteiger partial charge in [0, 0.05) is 28.9 Å². The second kappa shape index (κ2) is 11.6. The molecule has 0 fully saturated rings. The average Bonchev–Trinajstić information content (AvgIpc) is 3.32. The van der Waals surface area contributed by atoms with Gasteiger partial charge in [0.1, 0.15) is 5.75 Å². The Morgan fingerprint density at radius 2 is 1.63 bits per heavy atom. The van der Waals surface area contributed by atoms with Crippen molar-refractivity contribution in [1.82, 2.24) is 19.7 Å². The molecule has 8 nitrogen and oxygen atoms in total. The third-order valence-corrected chi connectivity index (χ3v) is 6.21. The Hall–Kier alpha value is -3.72. The molecule has 0 aliphatic rings. The number of nitrogens with zero attached hydrogens (tertiary/aromatic N) is 4. The van der Waals surface area contributed by atoms with E-state index >= 15 is 0 Å². The fourth-order valence-corrected chi connectivity index (χ4v) is 4.56. The molecule has 0 radical (unpaired) electrons. The van der Waals surface area contributed by atoms with Crippen molar-refractivity contribution >= 4 is 11.8 Å². The summed E-state index contributed by atoms with van der Waals surface area (Å²) in [6.45, 7) is 2.57. The van der Waals surface area contributed by atoms with Gasteiger partial charge in [-0.1, -0.05) is 17.8 Å². The molecule has 0 unspecified atom stereocenters. The summed E-state index contributed by atoms with van der Waals surface area (Å²) in [6.07, 6.45) is 2.63. The van der Waals surface area contributed by atoms with E-state index in [0.717, 1.165) is 40.0 Å². The van der Waals surface area contributed by atoms with Crippen molar-refractivity contribution in [2.75, 3.05) is 33.7 Å². The largest absolute Gasteiger partial charge is 0.494 e. The van der Waals surface area contributed by atoms with Gasteiger partial charge in [0.25, 0.3) is 0 Å². The van der Waals surface area contributed by atoms with Crippen LogP contribution < -0.4 is 18.9 Å². The highest BCUT2D eigenvalue weighted by molar-refractivity contribution is 7.99. The van der Waals surface area contributed by atoms with Crippen LogP contribution in [-0.4, -0.2) is 53.4 Å². The molecule has 0 aliphatic heterocycles. The van der Waals surface area contributed by atoms with E-state index in [4.69, 9.17) is 18.9 Å². The molecular formula is C26H28N4O4S. The first-order valence-corrected chi connectivity index (χ1v) is 12.2. The first kappa shape index (κ1) is 24.4. The molecule has 2 heterocycles. The maximum absolute atomic E-state index is 5.62. The van der Waals surface area contributed by atoms with Gasteiger partial charge in [-0.2, -0.15) is 0 Å². The zero-order valence-corrected chi connectivity index (χ0v) is 21.0. The lowest BCUT2D eigenvalue weighted by Gasteiger charge is -2.15. The number of thioether (sulfide) groups is 1. The number of methoxy groups -OCH3 is 3. The molecule has 4 rings (SSSR count). The van der Waals surface area contributed by atoms with Crippen LogP contribution in [0, 0.1) is 0 Å². The minimum absolute atomic E-state index is 0.524. The van der Waals surface area contributed by atoms with Crippen LogP contribution in [0.1, 0.15) is 12.6 Å². The van der Waals surface area contributed by atoms with Crippen molar-refractivity contribution in [2.24, 2.45) is 0 Å². The highest BCUT2D eigenvalue weighted by atomic mass is 32.2. The monoisotopic (exact) mass is 492 g/mol. The van der Waals surface area contributed by atoms with Crippen LogP contribution in [0.3, 0.4) is 0 Å². The predicted octanol–water partition coefficient (Wildman–Crippen LogP) is 5.09. The third-order valence-electron chi connectivity index (χ3n) is 5.28. The topological polar surface area (TPSA) is 80.5 Å². The van der Waals surface area contributed by atoms with Crippen LogP contribution in [0.4, 0.5) is 0 Å². The van der Waals surface area contributed by atoms with E-state index in [1.807, 2.05) is 72.3 Å². The Kier molecular flexibility index (Phi) is 8.10. The Labute approximate surface area is 209 Å². The number of aromatic nitrogens is 4. The summed E-state index contributed by atoms with van der Waals surface area (Å²) < 4.78 is 24.3. The van der Waals surface area contributed by atoms with Crippen molar-refractivity contribution in [3.05, 3.63) is 66.5 Å². The standard InChI is InChI=1S/C26H28N4O4S/c1-5-34-21-11-9-20(10-12-21)30-25(18-16-22(31-2)24(33-4)23(17-18)32-3)28-29-26(30)35-15-13-19-8-6-7-14-27-19/h6-12,14,16-17H,5,13,15H2,1-4H3. The molecule has 35 heavy (non-hydrogen) atoms. The van der Waals surface area contributed by atoms with Crippen LogP contribution in [0.25, 0.3) is 17.1 Å². The molecule has 0 saturated heterocycles. The summed E-state index contributed by atoms with van der Waals surface area (Å²) in [4.78, 5) is 4.42. The van der Waals surface area contributed by atoms with Gasteiger partial charge in [-0.05, 0) is 61.9 Å². The number of pyridine rings is 1. The summed E-state index contributed by atoms with van der Waals surface area (Å²) in [5.41, 5.74) is 2.75. The molecule has 9 heteroatoms. The van der Waals surface area contributed by atoms with E-state index in [1.54, 1.807) is 33.1 Å². The van der Waals surface area contributed by atoms with Crippen molar-refractivity contribution in [1.29, 1.82) is 0 Å². The molecular weight excluding hydrogens is 464 g/mol. The van der Waals surface area contributed by atoms with Gasteiger partial charge in [0.15, 0.2) is 22.5 Å². The molecule has 182 valence electrons. The Bertz CT molecular complexity index is 1220. The maximum Gasteiger partial charge on any atom is 0.203 e. The van der Waals surface area contributed by atoms with Crippen molar-refractivity contribution in [3.8, 4) is 40.1 Å². The zero-order valence-electron chi connectivity index (χ0n) is 20.2. The van der Waals surface area contributed by atoms with Crippen LogP contribution >= 0.6 is 11.8 Å². The van der Waals surface area contributed by atoms with Gasteiger partial charge in [-0.3, -0.25) is 9.55 Å². The molecule has 0 amide bonds. The fraction of sp³-hybridized carbons (Fsp3) is 0.269. The summed E-state index contributed by atoms with van der Waals surface area (Å²) in [5.74, 6) is 3.90. The zero-order chi connectivity index (χ0) is 24.6. The van der Waals surface area contributed by atoms with Gasteiger partial charge in [-0.25, -0.2) is 0 Å². The fourth-order valence-electron chi connectivity index (χ4n) is 3.64. The number of rotatable bonds is 11. The molecule has 0 N–H and O–H groups in total. The molecule has 0 aliphatic carbocycles. The van der Waals surface area contributed by atoms with E-state index < -0.39 is 0 Å². The number of hydrogen-bond donors (Lipinski definition) is 0. The van der Waals surface area contributed by atoms with E-state index in [9.17, 15) is 0 Å². The Balaban J connectivity index is 1.74. The smallest absolute Gasteiger partial charge is 0.203 e. The first-order valence-electron chi connectivity index (χ1n) is 11.2. The lowest BCUT2D eigenvalue weighted by Crippen LogP contribution is -2.02. The SMILES string of the molecule is CCOc1ccc(-n2c(SCCc3ccccn3)nnc2-c2cc(OC)c(OC)c(OC)c2)cc1. The van der Waals surface area contributed by atoms with Gasteiger partial charge in [0.2, 0.25) is 5.75 Å².